The lowest BCUT2D eigenvalue weighted by Gasteiger charge is -2.04. The zero-order chi connectivity index (χ0) is 12.3. The van der Waals surface area contributed by atoms with Gasteiger partial charge >= 0.3 is 0 Å². The van der Waals surface area contributed by atoms with E-state index in [-0.39, 0.29) is 10.6 Å². The van der Waals surface area contributed by atoms with Crippen molar-refractivity contribution < 1.29 is 13.0 Å². The van der Waals surface area contributed by atoms with Crippen molar-refractivity contribution in [2.45, 2.75) is 10.6 Å². The Balaban J connectivity index is 2.24. The molecule has 1 nitrogen and oxygen atoms in total. The maximum absolute atomic E-state index is 13.4. The van der Waals surface area contributed by atoms with Gasteiger partial charge in [-0.25, -0.2) is 8.78 Å². The van der Waals surface area contributed by atoms with Crippen LogP contribution in [0.1, 0.15) is 5.56 Å². The van der Waals surface area contributed by atoms with Gasteiger partial charge in [-0.1, -0.05) is 30.3 Å². The molecule has 0 aromatic heterocycles. The highest BCUT2D eigenvalue weighted by atomic mass is 32.2. The number of rotatable bonds is 3. The minimum Gasteiger partial charge on any atom is -0.254 e. The number of hydrogen-bond acceptors (Lipinski definition) is 1. The third kappa shape index (κ3) is 2.77. The van der Waals surface area contributed by atoms with E-state index < -0.39 is 22.4 Å². The van der Waals surface area contributed by atoms with Crippen LogP contribution in [0.25, 0.3) is 0 Å². The second-order valence-electron chi connectivity index (χ2n) is 3.51. The molecule has 2 aromatic rings. The molecular weight excluding hydrogens is 242 g/mol. The predicted molar refractivity (Wildman–Crippen MR) is 62.9 cm³/mol. The van der Waals surface area contributed by atoms with Crippen LogP contribution in [-0.2, 0) is 16.6 Å². The lowest BCUT2D eigenvalue weighted by atomic mass is 10.2. The maximum atomic E-state index is 13.4. The molecule has 88 valence electrons. The molecule has 0 fully saturated rings. The highest BCUT2D eigenvalue weighted by Gasteiger charge is 2.11. The van der Waals surface area contributed by atoms with Gasteiger partial charge in [0.1, 0.15) is 11.6 Å². The van der Waals surface area contributed by atoms with Crippen LogP contribution < -0.4 is 0 Å². The van der Waals surface area contributed by atoms with Gasteiger partial charge in [0.05, 0.1) is 21.4 Å². The van der Waals surface area contributed by atoms with E-state index in [1.165, 1.54) is 24.3 Å². The van der Waals surface area contributed by atoms with E-state index in [2.05, 4.69) is 0 Å². The van der Waals surface area contributed by atoms with Crippen LogP contribution in [0.4, 0.5) is 8.78 Å². The summed E-state index contributed by atoms with van der Waals surface area (Å²) in [5.41, 5.74) is 0.328. The highest BCUT2D eigenvalue weighted by molar-refractivity contribution is 7.84. The monoisotopic (exact) mass is 252 g/mol. The van der Waals surface area contributed by atoms with E-state index >= 15 is 0 Å². The van der Waals surface area contributed by atoms with Gasteiger partial charge in [-0.15, -0.1) is 0 Å². The fraction of sp³-hybridized carbons (Fsp3) is 0.0769. The summed E-state index contributed by atoms with van der Waals surface area (Å²) in [5, 5.41) is 0. The third-order valence-electron chi connectivity index (χ3n) is 2.33. The first-order valence-corrected chi connectivity index (χ1v) is 6.36. The molecule has 4 heteroatoms. The first-order valence-electron chi connectivity index (χ1n) is 5.05. The molecule has 0 saturated heterocycles. The van der Waals surface area contributed by atoms with Crippen molar-refractivity contribution in [1.29, 1.82) is 0 Å². The number of benzene rings is 2. The van der Waals surface area contributed by atoms with Gasteiger partial charge in [0, 0.05) is 5.56 Å². The third-order valence-corrected chi connectivity index (χ3v) is 3.72. The lowest BCUT2D eigenvalue weighted by Crippen LogP contribution is -2.00. The van der Waals surface area contributed by atoms with Gasteiger partial charge < -0.3 is 0 Å². The first kappa shape index (κ1) is 11.9. The van der Waals surface area contributed by atoms with Crippen molar-refractivity contribution in [3.63, 3.8) is 0 Å². The largest absolute Gasteiger partial charge is 0.254 e. The van der Waals surface area contributed by atoms with Crippen molar-refractivity contribution in [1.82, 2.24) is 0 Å². The van der Waals surface area contributed by atoms with Crippen LogP contribution in [-0.4, -0.2) is 4.21 Å². The van der Waals surface area contributed by atoms with E-state index in [9.17, 15) is 13.0 Å². The molecule has 0 N–H and O–H groups in total. The molecule has 0 radical (unpaired) electrons. The SMILES string of the molecule is O=S(Cc1ccccc1F)c1ccccc1F. The van der Waals surface area contributed by atoms with Crippen molar-refractivity contribution in [3.8, 4) is 0 Å². The Morgan fingerprint density at radius 2 is 1.47 bits per heavy atom. The normalized spacial score (nSPS) is 12.4. The topological polar surface area (TPSA) is 17.1 Å². The molecule has 2 aromatic carbocycles. The second kappa shape index (κ2) is 5.19. The maximum Gasteiger partial charge on any atom is 0.139 e. The van der Waals surface area contributed by atoms with Crippen molar-refractivity contribution in [2.75, 3.05) is 0 Å². The van der Waals surface area contributed by atoms with Crippen LogP contribution in [0.3, 0.4) is 0 Å². The molecule has 0 aliphatic rings. The van der Waals surface area contributed by atoms with Crippen LogP contribution in [0.15, 0.2) is 53.4 Å². The second-order valence-corrected chi connectivity index (χ2v) is 4.93. The smallest absolute Gasteiger partial charge is 0.139 e. The van der Waals surface area contributed by atoms with Crippen LogP contribution in [0, 0.1) is 11.6 Å². The van der Waals surface area contributed by atoms with Crippen LogP contribution in [0.2, 0.25) is 0 Å². The minimum absolute atomic E-state index is 0.0202. The number of halogens is 2. The lowest BCUT2D eigenvalue weighted by molar-refractivity contribution is 0.593. The molecule has 0 spiro atoms. The van der Waals surface area contributed by atoms with Gasteiger partial charge in [-0.05, 0) is 18.2 Å². The Hall–Kier alpha value is -1.55. The van der Waals surface area contributed by atoms with Crippen molar-refractivity contribution >= 4 is 10.8 Å². The fourth-order valence-corrected chi connectivity index (χ4v) is 2.65. The molecule has 1 unspecified atom stereocenters. The van der Waals surface area contributed by atoms with E-state index in [0.29, 0.717) is 5.56 Å². The van der Waals surface area contributed by atoms with Crippen molar-refractivity contribution in [3.05, 3.63) is 65.7 Å². The van der Waals surface area contributed by atoms with Gasteiger partial charge in [-0.3, -0.25) is 4.21 Å². The van der Waals surface area contributed by atoms with E-state index in [4.69, 9.17) is 0 Å². The van der Waals surface area contributed by atoms with Crippen LogP contribution >= 0.6 is 0 Å². The molecule has 0 heterocycles. The molecule has 17 heavy (non-hydrogen) atoms. The van der Waals surface area contributed by atoms with Gasteiger partial charge in [-0.2, -0.15) is 0 Å². The molecule has 0 bridgehead atoms. The van der Waals surface area contributed by atoms with Crippen LogP contribution in [0.5, 0.6) is 0 Å². The summed E-state index contributed by atoms with van der Waals surface area (Å²) in [7, 11) is -1.57. The summed E-state index contributed by atoms with van der Waals surface area (Å²) < 4.78 is 38.6. The summed E-state index contributed by atoms with van der Waals surface area (Å²) >= 11 is 0. The van der Waals surface area contributed by atoms with Gasteiger partial charge in [0.25, 0.3) is 0 Å². The zero-order valence-corrected chi connectivity index (χ0v) is 9.71. The van der Waals surface area contributed by atoms with Gasteiger partial charge in [0.15, 0.2) is 0 Å². The fourth-order valence-electron chi connectivity index (χ4n) is 1.46. The summed E-state index contributed by atoms with van der Waals surface area (Å²) in [6, 6.07) is 11.9. The minimum atomic E-state index is -1.57. The van der Waals surface area contributed by atoms with Gasteiger partial charge in [0.2, 0.25) is 0 Å². The highest BCUT2D eigenvalue weighted by Crippen LogP contribution is 2.17. The Morgan fingerprint density at radius 3 is 2.12 bits per heavy atom. The summed E-state index contributed by atoms with van der Waals surface area (Å²) in [4.78, 5) is 0.107. The van der Waals surface area contributed by atoms with E-state index in [1.54, 1.807) is 24.3 Å². The van der Waals surface area contributed by atoms with Crippen molar-refractivity contribution in [2.24, 2.45) is 0 Å². The quantitative estimate of drug-likeness (QED) is 0.819. The zero-order valence-electron chi connectivity index (χ0n) is 8.90. The molecule has 0 amide bonds. The molecule has 0 aliphatic carbocycles. The molecule has 0 saturated carbocycles. The van der Waals surface area contributed by atoms with E-state index in [0.717, 1.165) is 0 Å². The molecule has 0 aliphatic heterocycles. The average molecular weight is 252 g/mol. The number of hydrogen-bond donors (Lipinski definition) is 0. The Bertz CT molecular complexity index is 555. The Labute approximate surface area is 101 Å². The summed E-state index contributed by atoms with van der Waals surface area (Å²) in [6.45, 7) is 0. The molecule has 2 rings (SSSR count). The standard InChI is InChI=1S/C13H10F2OS/c14-11-6-2-1-5-10(11)9-17(16)13-8-4-3-7-12(13)15/h1-8H,9H2. The average Bonchev–Trinajstić information content (AvgIpc) is 2.32. The Kier molecular flexibility index (Phi) is 3.64. The summed E-state index contributed by atoms with van der Waals surface area (Å²) in [6.07, 6.45) is 0. The Morgan fingerprint density at radius 1 is 0.882 bits per heavy atom. The predicted octanol–water partition coefficient (Wildman–Crippen LogP) is 3.27. The summed E-state index contributed by atoms with van der Waals surface area (Å²) in [5.74, 6) is -0.965. The molecule has 1 atom stereocenters. The first-order chi connectivity index (χ1) is 8.18. The molecular formula is C13H10F2OS. The van der Waals surface area contributed by atoms with E-state index in [1.807, 2.05) is 0 Å².